The van der Waals surface area contributed by atoms with Gasteiger partial charge in [0.05, 0.1) is 0 Å². The van der Waals surface area contributed by atoms with E-state index in [0.717, 1.165) is 0 Å². The van der Waals surface area contributed by atoms with Crippen LogP contribution in [0.2, 0.25) is 0 Å². The first-order valence-corrected chi connectivity index (χ1v) is 10.2. The molecule has 0 amide bonds. The zero-order valence-corrected chi connectivity index (χ0v) is 16.1. The molecule has 1 aromatic heterocycles. The molecule has 1 rings (SSSR count). The number of aryl methyl sites for hydroxylation is 3. The Morgan fingerprint density at radius 2 is 1.00 bits per heavy atom. The van der Waals surface area contributed by atoms with Crippen molar-refractivity contribution in [1.82, 2.24) is 0 Å². The Bertz CT molecular complexity index is 363. The summed E-state index contributed by atoms with van der Waals surface area (Å²) in [4.78, 5) is 0. The number of rotatable bonds is 14. The molecule has 1 nitrogen and oxygen atoms in total. The van der Waals surface area contributed by atoms with Crippen LogP contribution in [-0.2, 0) is 19.9 Å². The van der Waals surface area contributed by atoms with Crippen LogP contribution in [0.1, 0.15) is 102 Å². The molecule has 0 bridgehead atoms. The summed E-state index contributed by atoms with van der Waals surface area (Å²) < 4.78 is 2.26. The van der Waals surface area contributed by atoms with Gasteiger partial charge in [0.25, 0.3) is 0 Å². The lowest BCUT2D eigenvalue weighted by Gasteiger charge is -2.05. The molecule has 0 aliphatic heterocycles. The first kappa shape index (κ1) is 20.2. The molecule has 0 atom stereocenters. The Morgan fingerprint density at radius 3 is 1.43 bits per heavy atom. The number of hydrogen-bond acceptors (Lipinski definition) is 0. The second kappa shape index (κ2) is 13.6. The summed E-state index contributed by atoms with van der Waals surface area (Å²) in [5.41, 5.74) is 3.07. The minimum atomic E-state index is 1.25. The van der Waals surface area contributed by atoms with Crippen LogP contribution in [0.3, 0.4) is 0 Å². The summed E-state index contributed by atoms with van der Waals surface area (Å²) in [6.45, 7) is 4.57. The molecule has 1 heteroatoms. The second-order valence-electron chi connectivity index (χ2n) is 7.25. The Kier molecular flexibility index (Phi) is 11.9. The van der Waals surface area contributed by atoms with Crippen molar-refractivity contribution in [1.29, 1.82) is 0 Å². The number of pyridine rings is 1. The molecule has 0 fully saturated rings. The van der Waals surface area contributed by atoms with Gasteiger partial charge in [-0.3, -0.25) is 0 Å². The van der Waals surface area contributed by atoms with Gasteiger partial charge in [-0.15, -0.1) is 0 Å². The highest BCUT2D eigenvalue weighted by Crippen LogP contribution is 2.13. The largest absolute Gasteiger partial charge is 0.207 e. The summed E-state index contributed by atoms with van der Waals surface area (Å²) in [6.07, 6.45) is 23.8. The summed E-state index contributed by atoms with van der Waals surface area (Å²) in [6, 6.07) is 2.46. The zero-order valence-electron chi connectivity index (χ0n) is 16.1. The SMILES string of the molecule is CCCCCCCCc1cc(CCCCCCCC)c[n+](C)c1. The zero-order chi connectivity index (χ0) is 16.8. The average Bonchev–Trinajstić information content (AvgIpc) is 2.53. The van der Waals surface area contributed by atoms with Crippen LogP contribution in [-0.4, -0.2) is 0 Å². The van der Waals surface area contributed by atoms with E-state index in [1.54, 1.807) is 0 Å². The van der Waals surface area contributed by atoms with Crippen molar-refractivity contribution in [2.45, 2.75) is 104 Å². The molecular formula is C22H40N+. The fourth-order valence-electron chi connectivity index (χ4n) is 3.37. The van der Waals surface area contributed by atoms with Crippen molar-refractivity contribution in [2.24, 2.45) is 7.05 Å². The van der Waals surface area contributed by atoms with E-state index in [0.29, 0.717) is 0 Å². The van der Waals surface area contributed by atoms with Gasteiger partial charge in [-0.25, -0.2) is 4.57 Å². The normalized spacial score (nSPS) is 11.1. The van der Waals surface area contributed by atoms with Gasteiger partial charge in [-0.2, -0.15) is 0 Å². The van der Waals surface area contributed by atoms with Crippen molar-refractivity contribution in [3.63, 3.8) is 0 Å². The first-order chi connectivity index (χ1) is 11.3. The average molecular weight is 319 g/mol. The van der Waals surface area contributed by atoms with Gasteiger partial charge in [0.2, 0.25) is 0 Å². The molecule has 132 valence electrons. The molecule has 0 spiro atoms. The van der Waals surface area contributed by atoms with Crippen molar-refractivity contribution >= 4 is 0 Å². The molecule has 0 saturated carbocycles. The van der Waals surface area contributed by atoms with Gasteiger partial charge in [0.15, 0.2) is 12.4 Å². The molecule has 0 aliphatic carbocycles. The Labute approximate surface area is 145 Å². The fraction of sp³-hybridized carbons (Fsp3) is 0.773. The molecule has 23 heavy (non-hydrogen) atoms. The van der Waals surface area contributed by atoms with Crippen molar-refractivity contribution in [3.8, 4) is 0 Å². The van der Waals surface area contributed by atoms with E-state index in [2.05, 4.69) is 43.9 Å². The predicted molar refractivity (Wildman–Crippen MR) is 102 cm³/mol. The maximum absolute atomic E-state index is 2.46. The summed E-state index contributed by atoms with van der Waals surface area (Å²) in [5, 5.41) is 0. The van der Waals surface area contributed by atoms with E-state index in [4.69, 9.17) is 0 Å². The van der Waals surface area contributed by atoms with Crippen molar-refractivity contribution in [3.05, 3.63) is 29.6 Å². The van der Waals surface area contributed by atoms with E-state index in [-0.39, 0.29) is 0 Å². The monoisotopic (exact) mass is 318 g/mol. The van der Waals surface area contributed by atoms with E-state index in [9.17, 15) is 0 Å². The topological polar surface area (TPSA) is 3.88 Å². The second-order valence-corrected chi connectivity index (χ2v) is 7.25. The van der Waals surface area contributed by atoms with Crippen LogP contribution in [0.15, 0.2) is 18.5 Å². The maximum Gasteiger partial charge on any atom is 0.171 e. The smallest absolute Gasteiger partial charge is 0.171 e. The number of unbranched alkanes of at least 4 members (excludes halogenated alkanes) is 10. The maximum atomic E-state index is 2.46. The summed E-state index contributed by atoms with van der Waals surface area (Å²) in [7, 11) is 2.18. The van der Waals surface area contributed by atoms with Gasteiger partial charge in [0, 0.05) is 11.1 Å². The van der Waals surface area contributed by atoms with Crippen LogP contribution >= 0.6 is 0 Å². The van der Waals surface area contributed by atoms with Crippen LogP contribution in [0.25, 0.3) is 0 Å². The standard InChI is InChI=1S/C22H40N/c1-4-6-8-10-12-14-16-21-18-22(20-23(3)19-21)17-15-13-11-9-7-5-2/h18-20H,4-17H2,1-3H3/q+1. The van der Waals surface area contributed by atoms with E-state index >= 15 is 0 Å². The minimum Gasteiger partial charge on any atom is -0.207 e. The molecule has 0 radical (unpaired) electrons. The minimum absolute atomic E-state index is 1.25. The lowest BCUT2D eigenvalue weighted by atomic mass is 10.0. The molecular weight excluding hydrogens is 278 g/mol. The van der Waals surface area contributed by atoms with Crippen molar-refractivity contribution < 1.29 is 4.57 Å². The third-order valence-corrected chi connectivity index (χ3v) is 4.75. The summed E-state index contributed by atoms with van der Waals surface area (Å²) >= 11 is 0. The highest BCUT2D eigenvalue weighted by atomic mass is 14.9. The quantitative estimate of drug-likeness (QED) is 0.279. The highest BCUT2D eigenvalue weighted by Gasteiger charge is 2.05. The molecule has 0 aliphatic rings. The lowest BCUT2D eigenvalue weighted by Crippen LogP contribution is -2.28. The lowest BCUT2D eigenvalue weighted by molar-refractivity contribution is -0.672. The van der Waals surface area contributed by atoms with Crippen LogP contribution < -0.4 is 4.57 Å². The van der Waals surface area contributed by atoms with Crippen molar-refractivity contribution in [2.75, 3.05) is 0 Å². The first-order valence-electron chi connectivity index (χ1n) is 10.2. The number of nitrogens with zero attached hydrogens (tertiary/aromatic N) is 1. The third-order valence-electron chi connectivity index (χ3n) is 4.75. The molecule has 0 unspecified atom stereocenters. The molecule has 1 heterocycles. The molecule has 0 N–H and O–H groups in total. The van der Waals surface area contributed by atoms with Crippen LogP contribution in [0, 0.1) is 0 Å². The number of hydrogen-bond donors (Lipinski definition) is 0. The van der Waals surface area contributed by atoms with Gasteiger partial charge in [-0.05, 0) is 31.7 Å². The van der Waals surface area contributed by atoms with Gasteiger partial charge < -0.3 is 0 Å². The molecule has 0 saturated heterocycles. The Morgan fingerprint density at radius 1 is 0.609 bits per heavy atom. The predicted octanol–water partition coefficient (Wildman–Crippen LogP) is 6.32. The third kappa shape index (κ3) is 10.5. The van der Waals surface area contributed by atoms with E-state index < -0.39 is 0 Å². The molecule has 1 aromatic rings. The summed E-state index contributed by atoms with van der Waals surface area (Å²) in [5.74, 6) is 0. The van der Waals surface area contributed by atoms with E-state index in [1.807, 2.05) is 0 Å². The molecule has 0 aromatic carbocycles. The number of aromatic nitrogens is 1. The Hall–Kier alpha value is -0.850. The van der Waals surface area contributed by atoms with E-state index in [1.165, 1.54) is 101 Å². The van der Waals surface area contributed by atoms with Gasteiger partial charge >= 0.3 is 0 Å². The van der Waals surface area contributed by atoms with Gasteiger partial charge in [-0.1, -0.05) is 78.1 Å². The van der Waals surface area contributed by atoms with Crippen LogP contribution in [0.4, 0.5) is 0 Å². The Balaban J connectivity index is 2.25. The van der Waals surface area contributed by atoms with Gasteiger partial charge in [0.1, 0.15) is 7.05 Å². The fourth-order valence-corrected chi connectivity index (χ4v) is 3.37. The van der Waals surface area contributed by atoms with Crippen LogP contribution in [0.5, 0.6) is 0 Å². The highest BCUT2D eigenvalue weighted by molar-refractivity contribution is 5.15.